The molecule has 3 aromatic rings. The van der Waals surface area contributed by atoms with Crippen molar-refractivity contribution in [3.05, 3.63) is 47.5 Å². The van der Waals surface area contributed by atoms with E-state index < -0.39 is 17.5 Å². The largest absolute Gasteiger partial charge is 0.486 e. The number of nitrogens with one attached hydrogen (secondary N) is 1. The van der Waals surface area contributed by atoms with Crippen LogP contribution in [0.1, 0.15) is 10.4 Å². The van der Waals surface area contributed by atoms with Gasteiger partial charge >= 0.3 is 0 Å². The lowest BCUT2D eigenvalue weighted by molar-refractivity contribution is 0.102. The van der Waals surface area contributed by atoms with E-state index in [1.54, 1.807) is 12.1 Å². The van der Waals surface area contributed by atoms with Crippen LogP contribution in [0, 0.1) is 11.6 Å². The van der Waals surface area contributed by atoms with Gasteiger partial charge in [-0.2, -0.15) is 0 Å². The highest BCUT2D eigenvalue weighted by atomic mass is 32.1. The maximum atomic E-state index is 13.2. The molecular formula is C16H10F2N2O3S. The smallest absolute Gasteiger partial charge is 0.257 e. The number of anilines is 1. The van der Waals surface area contributed by atoms with Crippen molar-refractivity contribution in [1.29, 1.82) is 0 Å². The molecule has 0 unspecified atom stereocenters. The van der Waals surface area contributed by atoms with Crippen LogP contribution in [-0.4, -0.2) is 24.1 Å². The minimum atomic E-state index is -1.08. The second-order valence-corrected chi connectivity index (χ2v) is 6.10. The number of hydrogen-bond donors (Lipinski definition) is 1. The molecular weight excluding hydrogens is 338 g/mol. The number of amides is 1. The van der Waals surface area contributed by atoms with Gasteiger partial charge in [0.2, 0.25) is 0 Å². The van der Waals surface area contributed by atoms with Crippen LogP contribution < -0.4 is 14.8 Å². The molecule has 5 nitrogen and oxygen atoms in total. The first kappa shape index (κ1) is 14.8. The summed E-state index contributed by atoms with van der Waals surface area (Å²) in [6.45, 7) is 0.958. The lowest BCUT2D eigenvalue weighted by Crippen LogP contribution is -2.15. The van der Waals surface area contributed by atoms with Crippen LogP contribution in [-0.2, 0) is 0 Å². The molecule has 1 aliphatic rings. The predicted molar refractivity (Wildman–Crippen MR) is 84.9 cm³/mol. The van der Waals surface area contributed by atoms with Crippen molar-refractivity contribution in [3.63, 3.8) is 0 Å². The van der Waals surface area contributed by atoms with E-state index >= 15 is 0 Å². The van der Waals surface area contributed by atoms with Crippen LogP contribution >= 0.6 is 11.3 Å². The normalized spacial score (nSPS) is 13.1. The van der Waals surface area contributed by atoms with E-state index in [0.29, 0.717) is 35.4 Å². The first-order valence-corrected chi connectivity index (χ1v) is 7.88. The average Bonchev–Trinajstić information content (AvgIpc) is 2.96. The molecule has 2 heterocycles. The Morgan fingerprint density at radius 1 is 1.08 bits per heavy atom. The highest BCUT2D eigenvalue weighted by molar-refractivity contribution is 7.22. The Labute approximate surface area is 138 Å². The van der Waals surface area contributed by atoms with E-state index in [9.17, 15) is 13.6 Å². The molecule has 8 heteroatoms. The molecule has 0 saturated carbocycles. The van der Waals surface area contributed by atoms with Gasteiger partial charge in [-0.05, 0) is 18.2 Å². The number of benzene rings is 2. The zero-order valence-electron chi connectivity index (χ0n) is 12.1. The molecule has 1 N–H and O–H groups in total. The fourth-order valence-electron chi connectivity index (χ4n) is 2.33. The molecule has 0 radical (unpaired) electrons. The molecule has 1 aromatic heterocycles. The second-order valence-electron chi connectivity index (χ2n) is 5.07. The Kier molecular flexibility index (Phi) is 3.53. The number of hydrogen-bond acceptors (Lipinski definition) is 5. The summed E-state index contributed by atoms with van der Waals surface area (Å²) >= 11 is 1.25. The Hall–Kier alpha value is -2.74. The zero-order chi connectivity index (χ0) is 16.7. The van der Waals surface area contributed by atoms with E-state index in [1.807, 2.05) is 0 Å². The minimum absolute atomic E-state index is 0.0131. The molecule has 0 fully saturated rings. The molecule has 1 amide bonds. The molecule has 1 aliphatic heterocycles. The Morgan fingerprint density at radius 2 is 1.83 bits per heavy atom. The molecule has 2 aromatic carbocycles. The SMILES string of the molecule is O=C(Nc1nc2cc3c(cc2s1)OCCO3)c1ccc(F)c(F)c1. The summed E-state index contributed by atoms with van der Waals surface area (Å²) in [6, 6.07) is 6.51. The standard InChI is InChI=1S/C16H10F2N2O3S/c17-9-2-1-8(5-10(9)18)15(21)20-16-19-11-6-12-13(7-14(11)24-16)23-4-3-22-12/h1-2,5-7H,3-4H2,(H,19,20,21). The molecule has 4 rings (SSSR count). The summed E-state index contributed by atoms with van der Waals surface area (Å²) in [4.78, 5) is 16.4. The van der Waals surface area contributed by atoms with Gasteiger partial charge in [-0.1, -0.05) is 11.3 Å². The second kappa shape index (κ2) is 5.72. The topological polar surface area (TPSA) is 60.5 Å². The average molecular weight is 348 g/mol. The highest BCUT2D eigenvalue weighted by Gasteiger charge is 2.17. The molecule has 24 heavy (non-hydrogen) atoms. The number of nitrogens with zero attached hydrogens (tertiary/aromatic N) is 1. The van der Waals surface area contributed by atoms with Gasteiger partial charge in [-0.3, -0.25) is 10.1 Å². The van der Waals surface area contributed by atoms with Crippen LogP contribution in [0.5, 0.6) is 11.5 Å². The van der Waals surface area contributed by atoms with Gasteiger partial charge < -0.3 is 9.47 Å². The van der Waals surface area contributed by atoms with Crippen molar-refractivity contribution < 1.29 is 23.0 Å². The van der Waals surface area contributed by atoms with Crippen LogP contribution in [0.25, 0.3) is 10.2 Å². The van der Waals surface area contributed by atoms with Gasteiger partial charge in [-0.25, -0.2) is 13.8 Å². The number of halogens is 2. The summed E-state index contributed by atoms with van der Waals surface area (Å²) in [5, 5.41) is 2.93. The molecule has 0 saturated heterocycles. The van der Waals surface area contributed by atoms with Crippen LogP contribution in [0.2, 0.25) is 0 Å². The minimum Gasteiger partial charge on any atom is -0.486 e. The number of carbonyl (C=O) groups is 1. The van der Waals surface area contributed by atoms with Gasteiger partial charge in [0.1, 0.15) is 13.2 Å². The molecule has 0 atom stereocenters. The fraction of sp³-hybridized carbons (Fsp3) is 0.125. The van der Waals surface area contributed by atoms with E-state index in [2.05, 4.69) is 10.3 Å². The van der Waals surface area contributed by atoms with Gasteiger partial charge in [0.15, 0.2) is 28.3 Å². The van der Waals surface area contributed by atoms with Crippen molar-refractivity contribution in [2.24, 2.45) is 0 Å². The third-order valence-corrected chi connectivity index (χ3v) is 4.39. The summed E-state index contributed by atoms with van der Waals surface area (Å²) in [5.74, 6) is -1.40. The zero-order valence-corrected chi connectivity index (χ0v) is 13.0. The van der Waals surface area contributed by atoms with Gasteiger partial charge in [0.25, 0.3) is 5.91 Å². The van der Waals surface area contributed by atoms with Crippen molar-refractivity contribution in [2.75, 3.05) is 18.5 Å². The van der Waals surface area contributed by atoms with Gasteiger partial charge in [0, 0.05) is 17.7 Å². The van der Waals surface area contributed by atoms with Gasteiger partial charge in [-0.15, -0.1) is 0 Å². The summed E-state index contributed by atoms with van der Waals surface area (Å²) < 4.78 is 38.0. The van der Waals surface area contributed by atoms with Crippen LogP contribution in [0.4, 0.5) is 13.9 Å². The monoisotopic (exact) mass is 348 g/mol. The van der Waals surface area contributed by atoms with Gasteiger partial charge in [0.05, 0.1) is 10.2 Å². The van der Waals surface area contributed by atoms with Crippen molar-refractivity contribution in [2.45, 2.75) is 0 Å². The fourth-order valence-corrected chi connectivity index (χ4v) is 3.20. The quantitative estimate of drug-likeness (QED) is 0.769. The molecule has 0 spiro atoms. The highest BCUT2D eigenvalue weighted by Crippen LogP contribution is 2.37. The molecule has 122 valence electrons. The van der Waals surface area contributed by atoms with Crippen LogP contribution in [0.15, 0.2) is 30.3 Å². The lowest BCUT2D eigenvalue weighted by atomic mass is 10.2. The summed E-state index contributed by atoms with van der Waals surface area (Å²) in [6.07, 6.45) is 0. The first-order valence-electron chi connectivity index (χ1n) is 7.07. The maximum Gasteiger partial charge on any atom is 0.257 e. The number of ether oxygens (including phenoxy) is 2. The summed E-state index contributed by atoms with van der Waals surface area (Å²) in [7, 11) is 0. The number of aromatic nitrogens is 1. The number of rotatable bonds is 2. The Morgan fingerprint density at radius 3 is 2.58 bits per heavy atom. The molecule has 0 bridgehead atoms. The van der Waals surface area contributed by atoms with E-state index in [0.717, 1.165) is 16.8 Å². The Bertz CT molecular complexity index is 915. The van der Waals surface area contributed by atoms with E-state index in [1.165, 1.54) is 17.4 Å². The van der Waals surface area contributed by atoms with E-state index in [4.69, 9.17) is 9.47 Å². The van der Waals surface area contributed by atoms with Crippen LogP contribution in [0.3, 0.4) is 0 Å². The lowest BCUT2D eigenvalue weighted by Gasteiger charge is -2.17. The third-order valence-electron chi connectivity index (χ3n) is 3.45. The van der Waals surface area contributed by atoms with Crippen molar-refractivity contribution >= 4 is 32.6 Å². The maximum absolute atomic E-state index is 13.2. The van der Waals surface area contributed by atoms with E-state index in [-0.39, 0.29) is 5.56 Å². The third kappa shape index (κ3) is 2.65. The molecule has 0 aliphatic carbocycles. The number of fused-ring (bicyclic) bond motifs is 2. The van der Waals surface area contributed by atoms with Crippen molar-refractivity contribution in [1.82, 2.24) is 4.98 Å². The predicted octanol–water partition coefficient (Wildman–Crippen LogP) is 3.60. The number of carbonyl (C=O) groups excluding carboxylic acids is 1. The van der Waals surface area contributed by atoms with Crippen molar-refractivity contribution in [3.8, 4) is 11.5 Å². The summed E-state index contributed by atoms with van der Waals surface area (Å²) in [5.41, 5.74) is 0.670. The first-order chi connectivity index (χ1) is 11.6. The number of thiazole rings is 1. The Balaban J connectivity index is 1.62.